The SMILES string of the molecule is COCCOCCOCCSc1ccc(C)cc1N. The van der Waals surface area contributed by atoms with Crippen molar-refractivity contribution in [3.63, 3.8) is 0 Å². The molecule has 1 rings (SSSR count). The second-order valence-electron chi connectivity index (χ2n) is 4.11. The molecule has 2 N–H and O–H groups in total. The molecule has 0 aliphatic rings. The molecule has 0 unspecified atom stereocenters. The summed E-state index contributed by atoms with van der Waals surface area (Å²) in [5, 5.41) is 0. The lowest BCUT2D eigenvalue weighted by Gasteiger charge is -2.07. The van der Waals surface area contributed by atoms with E-state index < -0.39 is 0 Å². The molecule has 108 valence electrons. The van der Waals surface area contributed by atoms with Gasteiger partial charge in [0.25, 0.3) is 0 Å². The summed E-state index contributed by atoms with van der Waals surface area (Å²) in [6.45, 7) is 5.22. The highest BCUT2D eigenvalue weighted by Gasteiger charge is 2.00. The fourth-order valence-corrected chi connectivity index (χ4v) is 2.29. The number of benzene rings is 1. The highest BCUT2D eigenvalue weighted by molar-refractivity contribution is 7.99. The van der Waals surface area contributed by atoms with Gasteiger partial charge < -0.3 is 19.9 Å². The number of thioether (sulfide) groups is 1. The standard InChI is InChI=1S/C14H23NO3S/c1-12-3-4-14(13(15)11-12)19-10-9-18-8-7-17-6-5-16-2/h3-4,11H,5-10,15H2,1-2H3. The van der Waals surface area contributed by atoms with E-state index >= 15 is 0 Å². The Kier molecular flexibility index (Phi) is 8.66. The Bertz CT molecular complexity index is 361. The third kappa shape index (κ3) is 7.42. The van der Waals surface area contributed by atoms with E-state index in [9.17, 15) is 0 Å². The van der Waals surface area contributed by atoms with Crippen molar-refractivity contribution in [3.8, 4) is 0 Å². The lowest BCUT2D eigenvalue weighted by molar-refractivity contribution is 0.0286. The first kappa shape index (κ1) is 16.3. The number of nitrogens with two attached hydrogens (primary N) is 1. The molecule has 4 nitrogen and oxygen atoms in total. The van der Waals surface area contributed by atoms with Gasteiger partial charge in [-0.15, -0.1) is 11.8 Å². The van der Waals surface area contributed by atoms with Gasteiger partial charge in [0.15, 0.2) is 0 Å². The van der Waals surface area contributed by atoms with E-state index in [2.05, 4.69) is 12.1 Å². The zero-order valence-electron chi connectivity index (χ0n) is 11.7. The third-order valence-corrected chi connectivity index (χ3v) is 3.51. The molecule has 0 saturated carbocycles. The zero-order chi connectivity index (χ0) is 13.9. The molecule has 0 fully saturated rings. The average Bonchev–Trinajstić information content (AvgIpc) is 2.39. The zero-order valence-corrected chi connectivity index (χ0v) is 12.5. The smallest absolute Gasteiger partial charge is 0.0701 e. The van der Waals surface area contributed by atoms with Gasteiger partial charge in [0, 0.05) is 23.4 Å². The van der Waals surface area contributed by atoms with Crippen molar-refractivity contribution >= 4 is 17.4 Å². The van der Waals surface area contributed by atoms with Crippen LogP contribution < -0.4 is 5.73 Å². The molecule has 0 radical (unpaired) electrons. The molecule has 1 aromatic carbocycles. The minimum Gasteiger partial charge on any atom is -0.398 e. The van der Waals surface area contributed by atoms with Crippen molar-refractivity contribution in [1.29, 1.82) is 0 Å². The number of ether oxygens (including phenoxy) is 3. The first-order chi connectivity index (χ1) is 9.24. The molecular formula is C14H23NO3S. The Morgan fingerprint density at radius 2 is 1.74 bits per heavy atom. The van der Waals surface area contributed by atoms with Crippen molar-refractivity contribution in [2.75, 3.05) is 51.6 Å². The number of anilines is 1. The predicted molar refractivity (Wildman–Crippen MR) is 79.8 cm³/mol. The Hall–Kier alpha value is -0.750. The summed E-state index contributed by atoms with van der Waals surface area (Å²) < 4.78 is 15.6. The summed E-state index contributed by atoms with van der Waals surface area (Å²) in [5.74, 6) is 0.894. The highest BCUT2D eigenvalue weighted by Crippen LogP contribution is 2.25. The van der Waals surface area contributed by atoms with Gasteiger partial charge in [-0.2, -0.15) is 0 Å². The first-order valence-electron chi connectivity index (χ1n) is 6.37. The molecule has 19 heavy (non-hydrogen) atoms. The van der Waals surface area contributed by atoms with Crippen LogP contribution in [0.25, 0.3) is 0 Å². The maximum Gasteiger partial charge on any atom is 0.0701 e. The molecule has 0 heterocycles. The van der Waals surface area contributed by atoms with E-state index in [1.54, 1.807) is 18.9 Å². The van der Waals surface area contributed by atoms with Gasteiger partial charge in [0.05, 0.1) is 33.0 Å². The van der Waals surface area contributed by atoms with E-state index in [0.29, 0.717) is 33.0 Å². The summed E-state index contributed by atoms with van der Waals surface area (Å²) >= 11 is 1.72. The number of aryl methyl sites for hydroxylation is 1. The summed E-state index contributed by atoms with van der Waals surface area (Å²) in [7, 11) is 1.66. The van der Waals surface area contributed by atoms with Gasteiger partial charge in [-0.25, -0.2) is 0 Å². The molecule has 1 aromatic rings. The van der Waals surface area contributed by atoms with Crippen molar-refractivity contribution in [3.05, 3.63) is 23.8 Å². The van der Waals surface area contributed by atoms with Crippen molar-refractivity contribution < 1.29 is 14.2 Å². The van der Waals surface area contributed by atoms with Crippen LogP contribution in [0.5, 0.6) is 0 Å². The summed E-state index contributed by atoms with van der Waals surface area (Å²) in [4.78, 5) is 1.12. The van der Waals surface area contributed by atoms with Gasteiger partial charge in [-0.3, -0.25) is 0 Å². The fraction of sp³-hybridized carbons (Fsp3) is 0.571. The number of rotatable bonds is 10. The molecule has 0 saturated heterocycles. The average molecular weight is 285 g/mol. The molecule has 0 aliphatic carbocycles. The van der Waals surface area contributed by atoms with Crippen LogP contribution in [0.4, 0.5) is 5.69 Å². The molecule has 0 atom stereocenters. The van der Waals surface area contributed by atoms with Gasteiger partial charge in [-0.1, -0.05) is 6.07 Å². The predicted octanol–water partition coefficient (Wildman–Crippen LogP) is 2.35. The van der Waals surface area contributed by atoms with E-state index in [-0.39, 0.29) is 0 Å². The van der Waals surface area contributed by atoms with E-state index in [4.69, 9.17) is 19.9 Å². The monoisotopic (exact) mass is 285 g/mol. The van der Waals surface area contributed by atoms with Gasteiger partial charge in [-0.05, 0) is 24.6 Å². The van der Waals surface area contributed by atoms with Gasteiger partial charge in [0.2, 0.25) is 0 Å². The van der Waals surface area contributed by atoms with E-state index in [0.717, 1.165) is 16.3 Å². The van der Waals surface area contributed by atoms with Crippen LogP contribution >= 0.6 is 11.8 Å². The first-order valence-corrected chi connectivity index (χ1v) is 7.36. The normalized spacial score (nSPS) is 10.8. The van der Waals surface area contributed by atoms with Crippen LogP contribution in [0.3, 0.4) is 0 Å². The fourth-order valence-electron chi connectivity index (χ4n) is 1.47. The maximum absolute atomic E-state index is 5.94. The van der Waals surface area contributed by atoms with Gasteiger partial charge >= 0.3 is 0 Å². The molecule has 0 amide bonds. The number of methoxy groups -OCH3 is 1. The molecule has 0 aromatic heterocycles. The number of nitrogen functional groups attached to an aromatic ring is 1. The summed E-state index contributed by atoms with van der Waals surface area (Å²) in [6, 6.07) is 6.12. The van der Waals surface area contributed by atoms with Crippen LogP contribution in [0.15, 0.2) is 23.1 Å². The lowest BCUT2D eigenvalue weighted by Crippen LogP contribution is -2.09. The van der Waals surface area contributed by atoms with Crippen LogP contribution in [0.1, 0.15) is 5.56 Å². The topological polar surface area (TPSA) is 53.7 Å². The summed E-state index contributed by atoms with van der Waals surface area (Å²) in [5.41, 5.74) is 7.96. The molecular weight excluding hydrogens is 262 g/mol. The van der Waals surface area contributed by atoms with Crippen LogP contribution in [-0.2, 0) is 14.2 Å². The minimum absolute atomic E-state index is 0.612. The Morgan fingerprint density at radius 1 is 1.05 bits per heavy atom. The van der Waals surface area contributed by atoms with Crippen LogP contribution in [-0.4, -0.2) is 45.9 Å². The Morgan fingerprint density at radius 3 is 2.42 bits per heavy atom. The second kappa shape index (κ2) is 10.1. The van der Waals surface area contributed by atoms with Crippen molar-refractivity contribution in [2.24, 2.45) is 0 Å². The number of hydrogen-bond donors (Lipinski definition) is 1. The maximum atomic E-state index is 5.94. The van der Waals surface area contributed by atoms with Crippen molar-refractivity contribution in [2.45, 2.75) is 11.8 Å². The third-order valence-electron chi connectivity index (χ3n) is 2.45. The second-order valence-corrected chi connectivity index (χ2v) is 5.24. The van der Waals surface area contributed by atoms with E-state index in [1.807, 2.05) is 13.0 Å². The quantitative estimate of drug-likeness (QED) is 0.406. The minimum atomic E-state index is 0.612. The molecule has 0 aliphatic heterocycles. The summed E-state index contributed by atoms with van der Waals surface area (Å²) in [6.07, 6.45) is 0. The molecule has 0 spiro atoms. The largest absolute Gasteiger partial charge is 0.398 e. The Balaban J connectivity index is 2.01. The van der Waals surface area contributed by atoms with Gasteiger partial charge in [0.1, 0.15) is 0 Å². The van der Waals surface area contributed by atoms with Crippen molar-refractivity contribution in [1.82, 2.24) is 0 Å². The Labute approximate surface area is 119 Å². The lowest BCUT2D eigenvalue weighted by atomic mass is 10.2. The molecule has 5 heteroatoms. The number of hydrogen-bond acceptors (Lipinski definition) is 5. The van der Waals surface area contributed by atoms with Crippen LogP contribution in [0.2, 0.25) is 0 Å². The molecule has 0 bridgehead atoms. The highest BCUT2D eigenvalue weighted by atomic mass is 32.2. The van der Waals surface area contributed by atoms with Crippen LogP contribution in [0, 0.1) is 6.92 Å². The van der Waals surface area contributed by atoms with E-state index in [1.165, 1.54) is 5.56 Å².